The maximum absolute atomic E-state index is 6.16. The molecule has 0 unspecified atom stereocenters. The SMILES string of the molecule is Clc1ccc(OCCSc2nc3cc(Cl)ccc3n2Cc2ccccc2)c(Cl)c1. The van der Waals surface area contributed by atoms with E-state index in [9.17, 15) is 0 Å². The molecular weight excluding hydrogens is 447 g/mol. The molecule has 0 saturated heterocycles. The van der Waals surface area contributed by atoms with Gasteiger partial charge in [0.2, 0.25) is 0 Å². The highest BCUT2D eigenvalue weighted by Gasteiger charge is 2.12. The smallest absolute Gasteiger partial charge is 0.169 e. The van der Waals surface area contributed by atoms with Crippen LogP contribution in [0.2, 0.25) is 15.1 Å². The molecule has 0 fully saturated rings. The van der Waals surface area contributed by atoms with Gasteiger partial charge in [-0.1, -0.05) is 76.9 Å². The van der Waals surface area contributed by atoms with Crippen LogP contribution in [0.25, 0.3) is 11.0 Å². The van der Waals surface area contributed by atoms with Crippen molar-refractivity contribution in [3.05, 3.63) is 87.4 Å². The average Bonchev–Trinajstić information content (AvgIpc) is 3.03. The third-order valence-corrected chi connectivity index (χ3v) is 6.03. The van der Waals surface area contributed by atoms with Crippen LogP contribution >= 0.6 is 46.6 Å². The van der Waals surface area contributed by atoms with Crippen molar-refractivity contribution in [2.75, 3.05) is 12.4 Å². The lowest BCUT2D eigenvalue weighted by atomic mass is 10.2. The van der Waals surface area contributed by atoms with Crippen molar-refractivity contribution < 1.29 is 4.74 Å². The zero-order valence-electron chi connectivity index (χ0n) is 15.3. The quantitative estimate of drug-likeness (QED) is 0.214. The molecule has 0 aliphatic heterocycles. The molecule has 7 heteroatoms. The number of imidazole rings is 1. The summed E-state index contributed by atoms with van der Waals surface area (Å²) in [6.45, 7) is 1.24. The van der Waals surface area contributed by atoms with E-state index in [0.29, 0.717) is 27.4 Å². The van der Waals surface area contributed by atoms with Gasteiger partial charge in [-0.25, -0.2) is 4.98 Å². The Kier molecular flexibility index (Phi) is 6.56. The average molecular weight is 464 g/mol. The largest absolute Gasteiger partial charge is 0.491 e. The first-order valence-electron chi connectivity index (χ1n) is 9.00. The Morgan fingerprint density at radius 2 is 1.66 bits per heavy atom. The summed E-state index contributed by atoms with van der Waals surface area (Å²) in [7, 11) is 0. The van der Waals surface area contributed by atoms with Gasteiger partial charge in [0, 0.05) is 15.8 Å². The van der Waals surface area contributed by atoms with Crippen molar-refractivity contribution >= 4 is 57.6 Å². The standard InChI is InChI=1S/C22H17Cl3N2OS/c23-16-7-9-21(18(25)12-16)28-10-11-29-22-26-19-13-17(24)6-8-20(19)27(22)14-15-4-2-1-3-5-15/h1-9,12-13H,10-11,14H2. The van der Waals surface area contributed by atoms with E-state index in [1.165, 1.54) is 5.56 Å². The van der Waals surface area contributed by atoms with Gasteiger partial charge in [-0.05, 0) is 42.0 Å². The molecule has 0 N–H and O–H groups in total. The van der Waals surface area contributed by atoms with Crippen molar-refractivity contribution in [3.63, 3.8) is 0 Å². The highest BCUT2D eigenvalue weighted by molar-refractivity contribution is 7.99. The van der Waals surface area contributed by atoms with Gasteiger partial charge in [-0.2, -0.15) is 0 Å². The first kappa shape index (κ1) is 20.4. The van der Waals surface area contributed by atoms with Crippen molar-refractivity contribution in [1.29, 1.82) is 0 Å². The first-order valence-corrected chi connectivity index (χ1v) is 11.1. The second kappa shape index (κ2) is 9.31. The molecule has 0 bridgehead atoms. The van der Waals surface area contributed by atoms with E-state index in [0.717, 1.165) is 28.5 Å². The molecule has 1 heterocycles. The van der Waals surface area contributed by atoms with Crippen molar-refractivity contribution in [1.82, 2.24) is 9.55 Å². The van der Waals surface area contributed by atoms with Gasteiger partial charge >= 0.3 is 0 Å². The molecule has 0 radical (unpaired) electrons. The number of fused-ring (bicyclic) bond motifs is 1. The lowest BCUT2D eigenvalue weighted by Crippen LogP contribution is -2.04. The van der Waals surface area contributed by atoms with Crippen LogP contribution in [0.15, 0.2) is 71.9 Å². The molecule has 0 saturated carbocycles. The third kappa shape index (κ3) is 5.01. The van der Waals surface area contributed by atoms with E-state index in [1.807, 2.05) is 36.4 Å². The number of hydrogen-bond donors (Lipinski definition) is 0. The minimum atomic E-state index is 0.501. The maximum Gasteiger partial charge on any atom is 0.169 e. The maximum atomic E-state index is 6.16. The molecule has 29 heavy (non-hydrogen) atoms. The molecular formula is C22H17Cl3N2OS. The van der Waals surface area contributed by atoms with Gasteiger partial charge in [-0.3, -0.25) is 0 Å². The molecule has 3 aromatic carbocycles. The van der Waals surface area contributed by atoms with Crippen LogP contribution in [-0.2, 0) is 6.54 Å². The second-order valence-electron chi connectivity index (χ2n) is 6.37. The summed E-state index contributed by atoms with van der Waals surface area (Å²) < 4.78 is 8.00. The Hall–Kier alpha value is -1.85. The highest BCUT2D eigenvalue weighted by atomic mass is 35.5. The van der Waals surface area contributed by atoms with Gasteiger partial charge in [-0.15, -0.1) is 0 Å². The summed E-state index contributed by atoms with van der Waals surface area (Å²) in [4.78, 5) is 4.79. The lowest BCUT2D eigenvalue weighted by Gasteiger charge is -2.10. The molecule has 4 aromatic rings. The van der Waals surface area contributed by atoms with E-state index in [2.05, 4.69) is 16.7 Å². The number of nitrogens with zero attached hydrogens (tertiary/aromatic N) is 2. The predicted molar refractivity (Wildman–Crippen MR) is 123 cm³/mol. The predicted octanol–water partition coefficient (Wildman–Crippen LogP) is 7.22. The molecule has 0 amide bonds. The summed E-state index contributed by atoms with van der Waals surface area (Å²) in [5.41, 5.74) is 3.16. The topological polar surface area (TPSA) is 27.1 Å². The van der Waals surface area contributed by atoms with E-state index >= 15 is 0 Å². The molecule has 0 aliphatic rings. The van der Waals surface area contributed by atoms with Gasteiger partial charge in [0.25, 0.3) is 0 Å². The number of halogens is 3. The van der Waals surface area contributed by atoms with Crippen molar-refractivity contribution in [3.8, 4) is 5.75 Å². The van der Waals surface area contributed by atoms with Crippen LogP contribution in [0.1, 0.15) is 5.56 Å². The Labute approximate surface area is 188 Å². The van der Waals surface area contributed by atoms with E-state index in [4.69, 9.17) is 44.5 Å². The third-order valence-electron chi connectivity index (χ3n) is 4.32. The fraction of sp³-hybridized carbons (Fsp3) is 0.136. The number of ether oxygens (including phenoxy) is 1. The molecule has 0 atom stereocenters. The monoisotopic (exact) mass is 462 g/mol. The lowest BCUT2D eigenvalue weighted by molar-refractivity contribution is 0.344. The number of aromatic nitrogens is 2. The van der Waals surface area contributed by atoms with Crippen LogP contribution in [-0.4, -0.2) is 21.9 Å². The summed E-state index contributed by atoms with van der Waals surface area (Å²) in [6, 6.07) is 21.4. The van der Waals surface area contributed by atoms with Gasteiger partial charge in [0.05, 0.1) is 29.2 Å². The van der Waals surface area contributed by atoms with Crippen LogP contribution in [0.4, 0.5) is 0 Å². The van der Waals surface area contributed by atoms with Crippen molar-refractivity contribution in [2.24, 2.45) is 0 Å². The first-order chi connectivity index (χ1) is 14.1. The van der Waals surface area contributed by atoms with Crippen LogP contribution in [0, 0.1) is 0 Å². The second-order valence-corrected chi connectivity index (χ2v) is 8.71. The Balaban J connectivity index is 1.50. The summed E-state index contributed by atoms with van der Waals surface area (Å²) in [5, 5.41) is 2.70. The van der Waals surface area contributed by atoms with Crippen LogP contribution < -0.4 is 4.74 Å². The molecule has 1 aromatic heterocycles. The number of hydrogen-bond acceptors (Lipinski definition) is 3. The van der Waals surface area contributed by atoms with Gasteiger partial charge in [0.1, 0.15) is 5.75 Å². The fourth-order valence-electron chi connectivity index (χ4n) is 2.99. The molecule has 0 aliphatic carbocycles. The molecule has 4 rings (SSSR count). The zero-order chi connectivity index (χ0) is 20.2. The van der Waals surface area contributed by atoms with E-state index < -0.39 is 0 Å². The summed E-state index contributed by atoms with van der Waals surface area (Å²) in [6.07, 6.45) is 0. The van der Waals surface area contributed by atoms with Crippen LogP contribution in [0.5, 0.6) is 5.75 Å². The Morgan fingerprint density at radius 1 is 0.897 bits per heavy atom. The van der Waals surface area contributed by atoms with E-state index in [-0.39, 0.29) is 0 Å². The molecule has 0 spiro atoms. The number of rotatable bonds is 7. The Bertz CT molecular complexity index is 1130. The molecule has 3 nitrogen and oxygen atoms in total. The fourth-order valence-corrected chi connectivity index (χ4v) is 4.45. The minimum Gasteiger partial charge on any atom is -0.491 e. The normalized spacial score (nSPS) is 11.1. The minimum absolute atomic E-state index is 0.501. The van der Waals surface area contributed by atoms with E-state index in [1.54, 1.807) is 30.0 Å². The summed E-state index contributed by atoms with van der Waals surface area (Å²) >= 11 is 19.9. The van der Waals surface area contributed by atoms with Gasteiger partial charge in [0.15, 0.2) is 5.16 Å². The summed E-state index contributed by atoms with van der Waals surface area (Å²) in [5.74, 6) is 1.35. The van der Waals surface area contributed by atoms with Crippen LogP contribution in [0.3, 0.4) is 0 Å². The number of thioether (sulfide) groups is 1. The molecule has 148 valence electrons. The zero-order valence-corrected chi connectivity index (χ0v) is 18.4. The highest BCUT2D eigenvalue weighted by Crippen LogP contribution is 2.29. The van der Waals surface area contributed by atoms with Gasteiger partial charge < -0.3 is 9.30 Å². The van der Waals surface area contributed by atoms with Crippen molar-refractivity contribution in [2.45, 2.75) is 11.7 Å². The Morgan fingerprint density at radius 3 is 2.45 bits per heavy atom. The number of benzene rings is 3.